The van der Waals surface area contributed by atoms with Crippen LogP contribution < -0.4 is 5.76 Å². The first-order valence-electron chi connectivity index (χ1n) is 8.93. The van der Waals surface area contributed by atoms with Crippen LogP contribution in [0.3, 0.4) is 0 Å². The van der Waals surface area contributed by atoms with E-state index in [9.17, 15) is 9.59 Å². The lowest BCUT2D eigenvalue weighted by Crippen LogP contribution is -2.35. The van der Waals surface area contributed by atoms with Crippen LogP contribution in [0.25, 0.3) is 11.1 Å². The van der Waals surface area contributed by atoms with Crippen molar-refractivity contribution in [2.75, 3.05) is 6.54 Å². The van der Waals surface area contributed by atoms with E-state index in [-0.39, 0.29) is 11.9 Å². The standard InChI is InChI=1S/C20H21N3O3/c1-22-17-13-15(5-7-18(17)26-20(22)25)19(24)23-12-2-3-16(23)6-4-14-8-10-21-11-9-14/h5,7-11,13,16H,2-4,6,12H2,1H3/t16-/m1/s1. The summed E-state index contributed by atoms with van der Waals surface area (Å²) in [5.74, 6) is -0.390. The van der Waals surface area contributed by atoms with Crippen LogP contribution in [-0.2, 0) is 13.5 Å². The molecule has 3 heterocycles. The summed E-state index contributed by atoms with van der Waals surface area (Å²) in [4.78, 5) is 30.7. The molecule has 1 amide bonds. The summed E-state index contributed by atoms with van der Waals surface area (Å²) >= 11 is 0. The van der Waals surface area contributed by atoms with Gasteiger partial charge in [0.25, 0.3) is 5.91 Å². The molecule has 1 fully saturated rings. The predicted molar refractivity (Wildman–Crippen MR) is 98.1 cm³/mol. The van der Waals surface area contributed by atoms with Crippen molar-refractivity contribution in [2.24, 2.45) is 7.05 Å². The van der Waals surface area contributed by atoms with Crippen molar-refractivity contribution in [1.82, 2.24) is 14.5 Å². The molecule has 6 heteroatoms. The minimum atomic E-state index is -0.416. The Morgan fingerprint density at radius 2 is 2.08 bits per heavy atom. The summed E-state index contributed by atoms with van der Waals surface area (Å²) in [5, 5.41) is 0. The van der Waals surface area contributed by atoms with Gasteiger partial charge in [0.1, 0.15) is 0 Å². The molecule has 6 nitrogen and oxygen atoms in total. The van der Waals surface area contributed by atoms with Crippen molar-refractivity contribution in [3.8, 4) is 0 Å². The molecule has 1 atom stereocenters. The van der Waals surface area contributed by atoms with Crippen LogP contribution in [0.5, 0.6) is 0 Å². The number of hydrogen-bond donors (Lipinski definition) is 0. The van der Waals surface area contributed by atoms with Gasteiger partial charge in [0.15, 0.2) is 5.58 Å². The van der Waals surface area contributed by atoms with Crippen molar-refractivity contribution >= 4 is 17.0 Å². The number of amides is 1. The Balaban J connectivity index is 1.53. The van der Waals surface area contributed by atoms with E-state index < -0.39 is 5.76 Å². The summed E-state index contributed by atoms with van der Waals surface area (Å²) in [7, 11) is 1.65. The first kappa shape index (κ1) is 16.6. The maximum Gasteiger partial charge on any atom is 0.419 e. The summed E-state index contributed by atoms with van der Waals surface area (Å²) < 4.78 is 6.57. The maximum atomic E-state index is 13.0. The Kier molecular flexibility index (Phi) is 4.32. The zero-order valence-corrected chi connectivity index (χ0v) is 14.7. The molecule has 0 radical (unpaired) electrons. The smallest absolute Gasteiger partial charge is 0.408 e. The predicted octanol–water partition coefficient (Wildman–Crippen LogP) is 2.76. The highest BCUT2D eigenvalue weighted by atomic mass is 16.4. The van der Waals surface area contributed by atoms with Crippen LogP contribution in [0.15, 0.2) is 51.9 Å². The van der Waals surface area contributed by atoms with Crippen molar-refractivity contribution in [3.63, 3.8) is 0 Å². The quantitative estimate of drug-likeness (QED) is 0.725. The Morgan fingerprint density at radius 3 is 2.88 bits per heavy atom. The topological polar surface area (TPSA) is 68.3 Å². The summed E-state index contributed by atoms with van der Waals surface area (Å²) in [5.41, 5.74) is 3.00. The molecular weight excluding hydrogens is 330 g/mol. The van der Waals surface area contributed by atoms with Crippen LogP contribution in [0, 0.1) is 0 Å². The van der Waals surface area contributed by atoms with Gasteiger partial charge in [-0.1, -0.05) is 0 Å². The Morgan fingerprint density at radius 1 is 1.27 bits per heavy atom. The second kappa shape index (κ2) is 6.78. The number of oxazole rings is 1. The number of fused-ring (bicyclic) bond motifs is 1. The number of carbonyl (C=O) groups is 1. The van der Waals surface area contributed by atoms with Gasteiger partial charge in [-0.3, -0.25) is 14.3 Å². The molecule has 2 aromatic heterocycles. The Bertz CT molecular complexity index is 990. The van der Waals surface area contributed by atoms with Crippen molar-refractivity contribution < 1.29 is 9.21 Å². The summed E-state index contributed by atoms with van der Waals surface area (Å²) in [6.07, 6.45) is 7.55. The molecule has 0 N–H and O–H groups in total. The van der Waals surface area contributed by atoms with E-state index in [0.29, 0.717) is 16.7 Å². The molecule has 1 saturated heterocycles. The van der Waals surface area contributed by atoms with Gasteiger partial charge in [0, 0.05) is 37.6 Å². The molecule has 26 heavy (non-hydrogen) atoms. The zero-order chi connectivity index (χ0) is 18.1. The zero-order valence-electron chi connectivity index (χ0n) is 14.7. The van der Waals surface area contributed by atoms with Crippen LogP contribution in [0.1, 0.15) is 35.2 Å². The van der Waals surface area contributed by atoms with Crippen LogP contribution >= 0.6 is 0 Å². The molecule has 134 valence electrons. The lowest BCUT2D eigenvalue weighted by Gasteiger charge is -2.25. The first-order valence-corrected chi connectivity index (χ1v) is 8.93. The van der Waals surface area contributed by atoms with Gasteiger partial charge in [0.05, 0.1) is 5.52 Å². The number of benzene rings is 1. The van der Waals surface area contributed by atoms with Gasteiger partial charge in [-0.05, 0) is 61.6 Å². The molecule has 4 rings (SSSR count). The number of rotatable bonds is 4. The number of aromatic nitrogens is 2. The maximum absolute atomic E-state index is 13.0. The van der Waals surface area contributed by atoms with E-state index in [1.165, 1.54) is 10.1 Å². The van der Waals surface area contributed by atoms with Gasteiger partial charge >= 0.3 is 5.76 Å². The minimum Gasteiger partial charge on any atom is -0.408 e. The van der Waals surface area contributed by atoms with E-state index in [0.717, 1.165) is 32.2 Å². The van der Waals surface area contributed by atoms with Crippen molar-refractivity contribution in [1.29, 1.82) is 0 Å². The molecule has 3 aromatic rings. The summed E-state index contributed by atoms with van der Waals surface area (Å²) in [6, 6.07) is 9.49. The molecule has 1 aliphatic rings. The second-order valence-electron chi connectivity index (χ2n) is 6.80. The lowest BCUT2D eigenvalue weighted by atomic mass is 10.0. The largest absolute Gasteiger partial charge is 0.419 e. The van der Waals surface area contributed by atoms with Crippen LogP contribution in [0.4, 0.5) is 0 Å². The fraction of sp³-hybridized carbons (Fsp3) is 0.350. The third-order valence-corrected chi connectivity index (χ3v) is 5.19. The van der Waals surface area contributed by atoms with E-state index in [1.807, 2.05) is 17.0 Å². The van der Waals surface area contributed by atoms with Gasteiger partial charge in [-0.2, -0.15) is 0 Å². The Hall–Kier alpha value is -2.89. The third kappa shape index (κ3) is 3.03. The number of nitrogens with zero attached hydrogens (tertiary/aromatic N) is 3. The van der Waals surface area contributed by atoms with Gasteiger partial charge in [-0.15, -0.1) is 0 Å². The molecule has 1 aliphatic heterocycles. The summed E-state index contributed by atoms with van der Waals surface area (Å²) in [6.45, 7) is 0.780. The normalized spacial score (nSPS) is 17.1. The first-order chi connectivity index (χ1) is 12.6. The average Bonchev–Trinajstić information content (AvgIpc) is 3.25. The molecule has 0 aliphatic carbocycles. The number of pyridine rings is 1. The molecule has 0 bridgehead atoms. The highest BCUT2D eigenvalue weighted by Crippen LogP contribution is 2.25. The molecule has 0 spiro atoms. The number of hydrogen-bond acceptors (Lipinski definition) is 4. The highest BCUT2D eigenvalue weighted by molar-refractivity contribution is 5.97. The Labute approximate surface area is 151 Å². The number of carbonyl (C=O) groups excluding carboxylic acids is 1. The third-order valence-electron chi connectivity index (χ3n) is 5.19. The molecular formula is C20H21N3O3. The minimum absolute atomic E-state index is 0.0257. The van der Waals surface area contributed by atoms with E-state index in [4.69, 9.17) is 4.42 Å². The van der Waals surface area contributed by atoms with E-state index in [2.05, 4.69) is 4.98 Å². The number of aryl methyl sites for hydroxylation is 2. The fourth-order valence-corrected chi connectivity index (χ4v) is 3.71. The molecule has 0 saturated carbocycles. The SMILES string of the molecule is Cn1c(=O)oc2ccc(C(=O)N3CCC[C@@H]3CCc3ccncc3)cc21. The van der Waals surface area contributed by atoms with Crippen molar-refractivity contribution in [2.45, 2.75) is 31.7 Å². The van der Waals surface area contributed by atoms with Crippen LogP contribution in [0.2, 0.25) is 0 Å². The molecule has 1 aromatic carbocycles. The molecule has 0 unspecified atom stereocenters. The van der Waals surface area contributed by atoms with E-state index in [1.54, 1.807) is 37.6 Å². The van der Waals surface area contributed by atoms with Crippen molar-refractivity contribution in [3.05, 3.63) is 64.4 Å². The van der Waals surface area contributed by atoms with Crippen LogP contribution in [-0.4, -0.2) is 32.9 Å². The van der Waals surface area contributed by atoms with Gasteiger partial charge < -0.3 is 9.32 Å². The van der Waals surface area contributed by atoms with E-state index >= 15 is 0 Å². The second-order valence-corrected chi connectivity index (χ2v) is 6.80. The van der Waals surface area contributed by atoms with Gasteiger partial charge in [0.2, 0.25) is 0 Å². The average molecular weight is 351 g/mol. The number of likely N-dealkylation sites (tertiary alicyclic amines) is 1. The highest BCUT2D eigenvalue weighted by Gasteiger charge is 2.29. The van der Waals surface area contributed by atoms with Gasteiger partial charge in [-0.25, -0.2) is 4.79 Å². The lowest BCUT2D eigenvalue weighted by molar-refractivity contribution is 0.0731. The monoisotopic (exact) mass is 351 g/mol. The fourth-order valence-electron chi connectivity index (χ4n) is 3.71.